The zero-order valence-corrected chi connectivity index (χ0v) is 19.7. The first-order chi connectivity index (χ1) is 17.4. The lowest BCUT2D eigenvalue weighted by molar-refractivity contribution is -0.134. The Kier molecular flexibility index (Phi) is 7.56. The Hall–Kier alpha value is -3.89. The Morgan fingerprint density at radius 1 is 1.11 bits per heavy atom. The quantitative estimate of drug-likeness (QED) is 0.139. The van der Waals surface area contributed by atoms with E-state index < -0.39 is 17.6 Å². The van der Waals surface area contributed by atoms with Crippen LogP contribution < -0.4 is 26.0 Å². The normalized spacial score (nSPS) is 20.7. The van der Waals surface area contributed by atoms with Crippen molar-refractivity contribution in [3.63, 3.8) is 0 Å². The topological polar surface area (TPSA) is 158 Å². The number of carbonyl (C=O) groups excluding carboxylic acids is 5. The molecule has 2 amide bonds. The second kappa shape index (κ2) is 10.8. The standard InChI is InChI=1S/C26H28N4O6/c27-12-3-1-2-4-17-5-10-21-20(14-17)24(34)28-15-22(33)30(21)18-6-8-19(9-7-18)36-25(35)23-26(16-32,29-23)11-13-31/h5-10,13-14,16,23,29H,1-4,11-12,15,27H2,(H,28,34). The zero-order chi connectivity index (χ0) is 25.7. The molecule has 188 valence electrons. The van der Waals surface area contributed by atoms with Crippen molar-refractivity contribution in [2.75, 3.05) is 18.0 Å². The van der Waals surface area contributed by atoms with Crippen LogP contribution in [0.3, 0.4) is 0 Å². The molecule has 0 radical (unpaired) electrons. The van der Waals surface area contributed by atoms with Gasteiger partial charge < -0.3 is 25.4 Å². The van der Waals surface area contributed by atoms with Crippen molar-refractivity contribution in [3.05, 3.63) is 53.6 Å². The Morgan fingerprint density at radius 2 is 1.89 bits per heavy atom. The lowest BCUT2D eigenvalue weighted by Gasteiger charge is -2.23. The smallest absolute Gasteiger partial charge is 0.330 e. The molecule has 36 heavy (non-hydrogen) atoms. The van der Waals surface area contributed by atoms with E-state index in [9.17, 15) is 24.0 Å². The Balaban J connectivity index is 1.51. The fourth-order valence-electron chi connectivity index (χ4n) is 4.31. The minimum atomic E-state index is -1.20. The van der Waals surface area contributed by atoms with E-state index in [2.05, 4.69) is 10.6 Å². The first-order valence-corrected chi connectivity index (χ1v) is 11.9. The van der Waals surface area contributed by atoms with Gasteiger partial charge in [0.2, 0.25) is 0 Å². The summed E-state index contributed by atoms with van der Waals surface area (Å²) in [5.41, 5.74) is 6.74. The van der Waals surface area contributed by atoms with E-state index in [4.69, 9.17) is 10.5 Å². The van der Waals surface area contributed by atoms with Gasteiger partial charge in [0.15, 0.2) is 0 Å². The number of rotatable bonds is 11. The van der Waals surface area contributed by atoms with Crippen molar-refractivity contribution in [2.45, 2.75) is 43.7 Å². The number of carbonyl (C=O) groups is 5. The minimum Gasteiger partial charge on any atom is -0.425 e. The predicted octanol–water partition coefficient (Wildman–Crippen LogP) is 1.17. The lowest BCUT2D eigenvalue weighted by atomic mass is 10.0. The molecule has 2 heterocycles. The zero-order valence-electron chi connectivity index (χ0n) is 19.7. The molecular weight excluding hydrogens is 464 g/mol. The van der Waals surface area contributed by atoms with Crippen LogP contribution in [-0.2, 0) is 25.6 Å². The molecule has 4 rings (SSSR count). The van der Waals surface area contributed by atoms with Gasteiger partial charge in [0, 0.05) is 12.1 Å². The third-order valence-electron chi connectivity index (χ3n) is 6.39. The summed E-state index contributed by atoms with van der Waals surface area (Å²) in [4.78, 5) is 61.5. The highest BCUT2D eigenvalue weighted by molar-refractivity contribution is 6.13. The summed E-state index contributed by atoms with van der Waals surface area (Å²) in [6, 6.07) is 10.9. The van der Waals surface area contributed by atoms with Crippen LogP contribution in [0.4, 0.5) is 11.4 Å². The van der Waals surface area contributed by atoms with Crippen molar-refractivity contribution in [1.29, 1.82) is 0 Å². The molecule has 2 aliphatic heterocycles. The number of anilines is 2. The molecule has 10 heteroatoms. The molecule has 2 aliphatic rings. The molecule has 4 N–H and O–H groups in total. The van der Waals surface area contributed by atoms with Gasteiger partial charge in [-0.05, 0) is 67.8 Å². The number of fused-ring (bicyclic) bond motifs is 1. The van der Waals surface area contributed by atoms with Gasteiger partial charge >= 0.3 is 5.97 Å². The van der Waals surface area contributed by atoms with Crippen LogP contribution in [0.2, 0.25) is 0 Å². The summed E-state index contributed by atoms with van der Waals surface area (Å²) in [5, 5.41) is 5.35. The molecule has 1 fully saturated rings. The van der Waals surface area contributed by atoms with Crippen molar-refractivity contribution in [2.24, 2.45) is 5.73 Å². The van der Waals surface area contributed by atoms with Crippen LogP contribution >= 0.6 is 0 Å². The summed E-state index contributed by atoms with van der Waals surface area (Å²) in [7, 11) is 0. The number of aryl methyl sites for hydroxylation is 1. The SMILES string of the molecule is NCCCCCc1ccc2c(c1)C(=O)NCC(=O)N2c1ccc(OC(=O)C2NC2(C=O)CC=O)cc1. The average Bonchev–Trinajstić information content (AvgIpc) is 3.63. The maximum absolute atomic E-state index is 12.9. The number of esters is 1. The molecule has 2 unspecified atom stereocenters. The number of aldehydes is 2. The summed E-state index contributed by atoms with van der Waals surface area (Å²) in [5.74, 6) is -1.09. The Bertz CT molecular complexity index is 1180. The highest BCUT2D eigenvalue weighted by Crippen LogP contribution is 2.33. The van der Waals surface area contributed by atoms with E-state index in [0.717, 1.165) is 31.2 Å². The van der Waals surface area contributed by atoms with Gasteiger partial charge in [-0.15, -0.1) is 0 Å². The first kappa shape index (κ1) is 25.2. The highest BCUT2D eigenvalue weighted by Gasteiger charge is 2.59. The molecule has 0 spiro atoms. The third kappa shape index (κ3) is 5.19. The number of hydrogen-bond acceptors (Lipinski definition) is 8. The van der Waals surface area contributed by atoms with Crippen LogP contribution in [0.15, 0.2) is 42.5 Å². The lowest BCUT2D eigenvalue weighted by Crippen LogP contribution is -2.33. The molecule has 0 saturated carbocycles. The molecule has 10 nitrogen and oxygen atoms in total. The highest BCUT2D eigenvalue weighted by atomic mass is 16.5. The number of hydrogen-bond donors (Lipinski definition) is 3. The molecule has 0 bridgehead atoms. The first-order valence-electron chi connectivity index (χ1n) is 11.9. The van der Waals surface area contributed by atoms with Crippen molar-refractivity contribution < 1.29 is 28.7 Å². The summed E-state index contributed by atoms with van der Waals surface area (Å²) in [6.45, 7) is 0.493. The maximum Gasteiger partial charge on any atom is 0.330 e. The van der Waals surface area contributed by atoms with Crippen molar-refractivity contribution in [1.82, 2.24) is 10.6 Å². The van der Waals surface area contributed by atoms with E-state index in [1.807, 2.05) is 12.1 Å². The molecule has 0 aliphatic carbocycles. The van der Waals surface area contributed by atoms with Crippen LogP contribution in [0, 0.1) is 0 Å². The number of amides is 2. The van der Waals surface area contributed by atoms with Gasteiger partial charge in [0.05, 0.1) is 17.8 Å². The largest absolute Gasteiger partial charge is 0.425 e. The van der Waals surface area contributed by atoms with Crippen molar-refractivity contribution >= 4 is 41.7 Å². The minimum absolute atomic E-state index is 0.117. The fraction of sp³-hybridized carbons (Fsp3) is 0.346. The number of nitrogens with one attached hydrogen (secondary N) is 2. The molecular formula is C26H28N4O6. The number of benzene rings is 2. The second-order valence-corrected chi connectivity index (χ2v) is 8.88. The van der Waals surface area contributed by atoms with Crippen LogP contribution in [-0.4, -0.2) is 55.0 Å². The number of ether oxygens (including phenoxy) is 1. The third-order valence-corrected chi connectivity index (χ3v) is 6.39. The molecule has 2 aromatic carbocycles. The number of nitrogens with two attached hydrogens (primary N) is 1. The van der Waals surface area contributed by atoms with E-state index >= 15 is 0 Å². The van der Waals surface area contributed by atoms with Crippen molar-refractivity contribution in [3.8, 4) is 5.75 Å². The number of unbranched alkanes of at least 4 members (excludes halogenated alkanes) is 2. The van der Waals surface area contributed by atoms with E-state index in [0.29, 0.717) is 36.1 Å². The molecule has 2 aromatic rings. The average molecular weight is 493 g/mol. The Morgan fingerprint density at radius 3 is 2.58 bits per heavy atom. The predicted molar refractivity (Wildman–Crippen MR) is 131 cm³/mol. The van der Waals surface area contributed by atoms with Gasteiger partial charge in [0.1, 0.15) is 29.9 Å². The van der Waals surface area contributed by atoms with Gasteiger partial charge in [-0.25, -0.2) is 4.79 Å². The summed E-state index contributed by atoms with van der Waals surface area (Å²) in [6.07, 6.45) is 4.72. The number of nitrogens with zero attached hydrogens (tertiary/aromatic N) is 1. The monoisotopic (exact) mass is 492 g/mol. The van der Waals surface area contributed by atoms with Crippen LogP contribution in [0.1, 0.15) is 41.6 Å². The van der Waals surface area contributed by atoms with Gasteiger partial charge in [0.25, 0.3) is 11.8 Å². The van der Waals surface area contributed by atoms with Gasteiger partial charge in [-0.1, -0.05) is 12.5 Å². The van der Waals surface area contributed by atoms with E-state index in [1.54, 1.807) is 18.2 Å². The Labute approximate surface area is 208 Å². The second-order valence-electron chi connectivity index (χ2n) is 8.88. The van der Waals surface area contributed by atoms with E-state index in [1.165, 1.54) is 17.0 Å². The summed E-state index contributed by atoms with van der Waals surface area (Å²) < 4.78 is 5.34. The van der Waals surface area contributed by atoms with Gasteiger partial charge in [-0.2, -0.15) is 0 Å². The van der Waals surface area contributed by atoms with Crippen LogP contribution in [0.25, 0.3) is 0 Å². The molecule has 0 aromatic heterocycles. The van der Waals surface area contributed by atoms with Crippen LogP contribution in [0.5, 0.6) is 5.75 Å². The van der Waals surface area contributed by atoms with Gasteiger partial charge in [-0.3, -0.25) is 19.8 Å². The summed E-state index contributed by atoms with van der Waals surface area (Å²) >= 11 is 0. The molecule has 2 atom stereocenters. The fourth-order valence-corrected chi connectivity index (χ4v) is 4.31. The molecule has 1 saturated heterocycles. The van der Waals surface area contributed by atoms with E-state index in [-0.39, 0.29) is 30.5 Å². The maximum atomic E-state index is 12.9.